The van der Waals surface area contributed by atoms with Crippen LogP contribution in [0.5, 0.6) is 0 Å². The van der Waals surface area contributed by atoms with E-state index in [0.717, 1.165) is 16.8 Å². The van der Waals surface area contributed by atoms with E-state index in [1.165, 1.54) is 12.3 Å². The van der Waals surface area contributed by atoms with Gasteiger partial charge in [0.1, 0.15) is 5.69 Å². The molecule has 1 aromatic heterocycles. The monoisotopic (exact) mass is 390 g/mol. The fraction of sp³-hybridized carbons (Fsp3) is 0.182. The van der Waals surface area contributed by atoms with E-state index in [1.54, 1.807) is 31.2 Å². The number of ether oxygens (including phenoxy) is 1. The van der Waals surface area contributed by atoms with Gasteiger partial charge >= 0.3 is 5.97 Å². The van der Waals surface area contributed by atoms with Crippen LogP contribution in [0.3, 0.4) is 0 Å². The van der Waals surface area contributed by atoms with Gasteiger partial charge in [0.2, 0.25) is 5.95 Å². The lowest BCUT2D eigenvalue weighted by Gasteiger charge is -2.10. The Hall–Kier alpha value is -3.74. The van der Waals surface area contributed by atoms with Gasteiger partial charge in [0.05, 0.1) is 12.2 Å². The summed E-state index contributed by atoms with van der Waals surface area (Å²) in [5, 5.41) is 5.91. The number of hydrogen-bond donors (Lipinski definition) is 2. The van der Waals surface area contributed by atoms with Crippen molar-refractivity contribution in [2.24, 2.45) is 0 Å². The van der Waals surface area contributed by atoms with Gasteiger partial charge in [0.15, 0.2) is 0 Å². The summed E-state index contributed by atoms with van der Waals surface area (Å²) in [6.45, 7) is 6.04. The van der Waals surface area contributed by atoms with Crippen LogP contribution in [-0.2, 0) is 4.74 Å². The van der Waals surface area contributed by atoms with Crippen LogP contribution in [0, 0.1) is 13.8 Å². The first-order valence-electron chi connectivity index (χ1n) is 9.22. The number of aryl methyl sites for hydroxylation is 2. The first-order chi connectivity index (χ1) is 14.0. The molecule has 0 radical (unpaired) electrons. The highest BCUT2D eigenvalue weighted by molar-refractivity contribution is 6.03. The van der Waals surface area contributed by atoms with Gasteiger partial charge in [-0.05, 0) is 68.3 Å². The Morgan fingerprint density at radius 1 is 1.03 bits per heavy atom. The number of rotatable bonds is 6. The average Bonchev–Trinajstić information content (AvgIpc) is 2.71. The van der Waals surface area contributed by atoms with Crippen molar-refractivity contribution in [3.63, 3.8) is 0 Å². The average molecular weight is 390 g/mol. The van der Waals surface area contributed by atoms with E-state index in [0.29, 0.717) is 23.8 Å². The molecule has 0 aliphatic heterocycles. The van der Waals surface area contributed by atoms with Crippen molar-refractivity contribution in [1.82, 2.24) is 9.97 Å². The van der Waals surface area contributed by atoms with Crippen LogP contribution in [-0.4, -0.2) is 28.5 Å². The third-order valence-electron chi connectivity index (χ3n) is 4.18. The first kappa shape index (κ1) is 20.0. The van der Waals surface area contributed by atoms with E-state index in [9.17, 15) is 9.59 Å². The molecule has 0 spiro atoms. The predicted molar refractivity (Wildman–Crippen MR) is 112 cm³/mol. The Balaban J connectivity index is 1.71. The summed E-state index contributed by atoms with van der Waals surface area (Å²) in [7, 11) is 0. The lowest BCUT2D eigenvalue weighted by atomic mass is 10.1. The number of amides is 1. The maximum atomic E-state index is 12.5. The van der Waals surface area contributed by atoms with Gasteiger partial charge in [0.25, 0.3) is 5.91 Å². The molecule has 1 amide bonds. The Bertz CT molecular complexity index is 1030. The summed E-state index contributed by atoms with van der Waals surface area (Å²) < 4.78 is 4.95. The van der Waals surface area contributed by atoms with Gasteiger partial charge in [-0.2, -0.15) is 0 Å². The number of hydrogen-bond acceptors (Lipinski definition) is 6. The summed E-state index contributed by atoms with van der Waals surface area (Å²) in [5.41, 5.74) is 4.24. The largest absolute Gasteiger partial charge is 0.462 e. The number of carbonyl (C=O) groups excluding carboxylic acids is 2. The van der Waals surface area contributed by atoms with Crippen LogP contribution in [0.25, 0.3) is 0 Å². The van der Waals surface area contributed by atoms with Crippen LogP contribution in [0.4, 0.5) is 17.3 Å². The maximum absolute atomic E-state index is 12.5. The van der Waals surface area contributed by atoms with Crippen LogP contribution in [0.1, 0.15) is 38.9 Å². The molecular formula is C22H22N4O3. The highest BCUT2D eigenvalue weighted by Crippen LogP contribution is 2.20. The lowest BCUT2D eigenvalue weighted by molar-refractivity contribution is 0.0526. The highest BCUT2D eigenvalue weighted by Gasteiger charge is 2.11. The number of anilines is 3. The number of benzene rings is 2. The molecule has 0 saturated carbocycles. The molecule has 0 saturated heterocycles. The molecule has 0 aliphatic carbocycles. The Morgan fingerprint density at radius 3 is 2.52 bits per heavy atom. The van der Waals surface area contributed by atoms with Gasteiger partial charge in [-0.15, -0.1) is 0 Å². The van der Waals surface area contributed by atoms with E-state index in [1.807, 2.05) is 32.0 Å². The van der Waals surface area contributed by atoms with Gasteiger partial charge < -0.3 is 15.4 Å². The molecular weight excluding hydrogens is 368 g/mol. The molecule has 2 aromatic carbocycles. The van der Waals surface area contributed by atoms with E-state index in [4.69, 9.17) is 4.74 Å². The predicted octanol–water partition coefficient (Wildman–Crippen LogP) is 4.27. The molecule has 7 nitrogen and oxygen atoms in total. The molecule has 0 bridgehead atoms. The minimum atomic E-state index is -0.400. The molecule has 0 unspecified atom stereocenters. The topological polar surface area (TPSA) is 93.2 Å². The summed E-state index contributed by atoms with van der Waals surface area (Å²) in [6, 6.07) is 14.0. The summed E-state index contributed by atoms with van der Waals surface area (Å²) >= 11 is 0. The zero-order chi connectivity index (χ0) is 20.8. The zero-order valence-corrected chi connectivity index (χ0v) is 16.5. The van der Waals surface area contributed by atoms with E-state index < -0.39 is 5.97 Å². The molecule has 0 atom stereocenters. The molecule has 3 rings (SSSR count). The number of nitrogens with one attached hydrogen (secondary N) is 2. The van der Waals surface area contributed by atoms with Crippen molar-refractivity contribution in [2.45, 2.75) is 20.8 Å². The SMILES string of the molecule is CCOC(=O)c1ccc(NC(=O)c2ccnc(Nc3cc(C)ccc3C)n2)cc1. The minimum Gasteiger partial charge on any atom is -0.462 e. The molecule has 148 valence electrons. The summed E-state index contributed by atoms with van der Waals surface area (Å²) in [4.78, 5) is 32.7. The summed E-state index contributed by atoms with van der Waals surface area (Å²) in [6.07, 6.45) is 1.53. The fourth-order valence-electron chi connectivity index (χ4n) is 2.64. The van der Waals surface area contributed by atoms with Crippen molar-refractivity contribution < 1.29 is 14.3 Å². The van der Waals surface area contributed by atoms with Crippen LogP contribution < -0.4 is 10.6 Å². The van der Waals surface area contributed by atoms with Gasteiger partial charge in [0, 0.05) is 17.6 Å². The van der Waals surface area contributed by atoms with Crippen molar-refractivity contribution in [2.75, 3.05) is 17.2 Å². The van der Waals surface area contributed by atoms with E-state index in [2.05, 4.69) is 20.6 Å². The first-order valence-corrected chi connectivity index (χ1v) is 9.22. The molecule has 0 fully saturated rings. The number of nitrogens with zero attached hydrogens (tertiary/aromatic N) is 2. The van der Waals surface area contributed by atoms with E-state index in [-0.39, 0.29) is 11.6 Å². The van der Waals surface area contributed by atoms with Crippen molar-refractivity contribution in [3.05, 3.63) is 77.1 Å². The normalized spacial score (nSPS) is 10.3. The number of carbonyl (C=O) groups is 2. The molecule has 29 heavy (non-hydrogen) atoms. The second-order valence-corrected chi connectivity index (χ2v) is 6.46. The van der Waals surface area contributed by atoms with Gasteiger partial charge in [-0.1, -0.05) is 12.1 Å². The Morgan fingerprint density at radius 2 is 1.79 bits per heavy atom. The molecule has 1 heterocycles. The minimum absolute atomic E-state index is 0.224. The lowest BCUT2D eigenvalue weighted by Crippen LogP contribution is -2.15. The highest BCUT2D eigenvalue weighted by atomic mass is 16.5. The smallest absolute Gasteiger partial charge is 0.338 e. The van der Waals surface area contributed by atoms with Crippen LogP contribution in [0.15, 0.2) is 54.7 Å². The van der Waals surface area contributed by atoms with Crippen LogP contribution >= 0.6 is 0 Å². The van der Waals surface area contributed by atoms with Crippen molar-refractivity contribution in [3.8, 4) is 0 Å². The fourth-order valence-corrected chi connectivity index (χ4v) is 2.64. The maximum Gasteiger partial charge on any atom is 0.338 e. The zero-order valence-electron chi connectivity index (χ0n) is 16.5. The Labute approximate surface area is 169 Å². The molecule has 2 N–H and O–H groups in total. The van der Waals surface area contributed by atoms with Gasteiger partial charge in [-0.3, -0.25) is 4.79 Å². The number of aromatic nitrogens is 2. The van der Waals surface area contributed by atoms with Gasteiger partial charge in [-0.25, -0.2) is 14.8 Å². The summed E-state index contributed by atoms with van der Waals surface area (Å²) in [5.74, 6) is -0.437. The molecule has 7 heteroatoms. The van der Waals surface area contributed by atoms with E-state index >= 15 is 0 Å². The standard InChI is InChI=1S/C22H22N4O3/c1-4-29-21(28)16-7-9-17(10-8-16)24-20(27)18-11-12-23-22(25-18)26-19-13-14(2)5-6-15(19)3/h5-13H,4H2,1-3H3,(H,24,27)(H,23,25,26). The quantitative estimate of drug-likeness (QED) is 0.611. The third kappa shape index (κ3) is 5.16. The second-order valence-electron chi connectivity index (χ2n) is 6.46. The third-order valence-corrected chi connectivity index (χ3v) is 4.18. The van der Waals surface area contributed by atoms with Crippen molar-refractivity contribution in [1.29, 1.82) is 0 Å². The second kappa shape index (κ2) is 8.97. The molecule has 0 aliphatic rings. The number of esters is 1. The Kier molecular flexibility index (Phi) is 6.19. The van der Waals surface area contributed by atoms with Crippen molar-refractivity contribution >= 4 is 29.2 Å². The van der Waals surface area contributed by atoms with Crippen LogP contribution in [0.2, 0.25) is 0 Å². The molecule has 3 aromatic rings.